The maximum Gasteiger partial charge on any atom is 0.240 e. The molecule has 0 N–H and O–H groups in total. The lowest BCUT2D eigenvalue weighted by atomic mass is 10.1. The van der Waals surface area contributed by atoms with Crippen molar-refractivity contribution in [3.63, 3.8) is 0 Å². The van der Waals surface area contributed by atoms with Gasteiger partial charge in [-0.15, -0.1) is 0 Å². The van der Waals surface area contributed by atoms with E-state index in [2.05, 4.69) is 28.0 Å². The Morgan fingerprint density at radius 2 is 1.79 bits per heavy atom. The van der Waals surface area contributed by atoms with E-state index in [1.807, 2.05) is 48.5 Å². The molecule has 0 amide bonds. The lowest BCUT2D eigenvalue weighted by molar-refractivity contribution is 0.0899. The third-order valence-electron chi connectivity index (χ3n) is 4.90. The molecule has 3 aromatic rings. The molecule has 0 saturated carbocycles. The third-order valence-corrected chi connectivity index (χ3v) is 4.90. The Balaban J connectivity index is 1.23. The van der Waals surface area contributed by atoms with Crippen molar-refractivity contribution in [2.45, 2.75) is 39.0 Å². The van der Waals surface area contributed by atoms with E-state index in [0.29, 0.717) is 24.9 Å². The molecule has 2 heterocycles. The summed E-state index contributed by atoms with van der Waals surface area (Å²) < 4.78 is 17.2. The number of likely N-dealkylation sites (tertiary alicyclic amines) is 1. The fourth-order valence-corrected chi connectivity index (χ4v) is 3.32. The van der Waals surface area contributed by atoms with Gasteiger partial charge in [-0.05, 0) is 43.5 Å². The first kappa shape index (κ1) is 18.5. The van der Waals surface area contributed by atoms with E-state index in [-0.39, 0.29) is 6.10 Å². The first-order chi connectivity index (χ1) is 13.8. The number of hydrogen-bond donors (Lipinski definition) is 0. The molecule has 6 heteroatoms. The fraction of sp³-hybridized carbons (Fsp3) is 0.364. The molecule has 1 aromatic heterocycles. The minimum atomic E-state index is 0.259. The number of nitrogens with zero attached hydrogens (tertiary/aromatic N) is 3. The molecule has 0 atom stereocenters. The third kappa shape index (κ3) is 4.89. The number of aryl methyl sites for hydroxylation is 1. The predicted molar refractivity (Wildman–Crippen MR) is 105 cm³/mol. The van der Waals surface area contributed by atoms with Crippen molar-refractivity contribution in [2.24, 2.45) is 0 Å². The summed E-state index contributed by atoms with van der Waals surface area (Å²) >= 11 is 0. The molecule has 28 heavy (non-hydrogen) atoms. The van der Waals surface area contributed by atoms with Gasteiger partial charge in [-0.3, -0.25) is 4.90 Å². The highest BCUT2D eigenvalue weighted by Crippen LogP contribution is 2.23. The van der Waals surface area contributed by atoms with Crippen molar-refractivity contribution >= 4 is 0 Å². The van der Waals surface area contributed by atoms with E-state index in [0.717, 1.165) is 37.4 Å². The number of para-hydroxylation sites is 2. The summed E-state index contributed by atoms with van der Waals surface area (Å²) in [5.41, 5.74) is 1.18. The molecule has 1 aliphatic heterocycles. The Bertz CT molecular complexity index is 873. The van der Waals surface area contributed by atoms with Gasteiger partial charge in [-0.2, -0.15) is 4.98 Å². The van der Waals surface area contributed by atoms with Crippen LogP contribution in [0, 0.1) is 6.92 Å². The van der Waals surface area contributed by atoms with E-state index in [9.17, 15) is 0 Å². The molecular weight excluding hydrogens is 354 g/mol. The molecule has 0 unspecified atom stereocenters. The molecule has 0 radical (unpaired) electrons. The van der Waals surface area contributed by atoms with Gasteiger partial charge in [-0.25, -0.2) is 0 Å². The monoisotopic (exact) mass is 379 g/mol. The van der Waals surface area contributed by atoms with Crippen LogP contribution < -0.4 is 9.47 Å². The molecule has 0 bridgehead atoms. The number of ether oxygens (including phenoxy) is 2. The lowest BCUT2D eigenvalue weighted by Gasteiger charge is -2.31. The summed E-state index contributed by atoms with van der Waals surface area (Å²) in [5, 5.41) is 4.01. The van der Waals surface area contributed by atoms with E-state index in [4.69, 9.17) is 14.0 Å². The van der Waals surface area contributed by atoms with E-state index in [1.165, 1.54) is 5.56 Å². The molecule has 0 aliphatic carbocycles. The maximum absolute atomic E-state index is 6.17. The highest BCUT2D eigenvalue weighted by Gasteiger charge is 2.22. The Hall–Kier alpha value is -2.86. The fourth-order valence-electron chi connectivity index (χ4n) is 3.32. The number of rotatable bonds is 7. The minimum absolute atomic E-state index is 0.259. The first-order valence-electron chi connectivity index (χ1n) is 9.70. The van der Waals surface area contributed by atoms with Crippen molar-refractivity contribution in [2.75, 3.05) is 13.1 Å². The van der Waals surface area contributed by atoms with Crippen molar-refractivity contribution in [1.29, 1.82) is 0 Å². The predicted octanol–water partition coefficient (Wildman–Crippen LogP) is 4.00. The Morgan fingerprint density at radius 3 is 2.57 bits per heavy atom. The van der Waals surface area contributed by atoms with Crippen molar-refractivity contribution in [3.8, 4) is 11.5 Å². The maximum atomic E-state index is 6.17. The number of aromatic nitrogens is 2. The lowest BCUT2D eigenvalue weighted by Crippen LogP contribution is -2.37. The second-order valence-electron chi connectivity index (χ2n) is 7.06. The van der Waals surface area contributed by atoms with Gasteiger partial charge in [0.1, 0.15) is 17.6 Å². The summed E-state index contributed by atoms with van der Waals surface area (Å²) in [4.78, 5) is 6.77. The van der Waals surface area contributed by atoms with E-state index >= 15 is 0 Å². The van der Waals surface area contributed by atoms with Crippen LogP contribution in [0.1, 0.15) is 30.1 Å². The molecule has 1 saturated heterocycles. The number of hydrogen-bond acceptors (Lipinski definition) is 6. The molecule has 6 nitrogen and oxygen atoms in total. The second kappa shape index (κ2) is 8.89. The zero-order chi connectivity index (χ0) is 19.2. The summed E-state index contributed by atoms with van der Waals surface area (Å²) in [5.74, 6) is 2.98. The summed E-state index contributed by atoms with van der Waals surface area (Å²) in [6.07, 6.45) is 2.24. The van der Waals surface area contributed by atoms with Gasteiger partial charge in [0.25, 0.3) is 0 Å². The molecule has 1 fully saturated rings. The van der Waals surface area contributed by atoms with Gasteiger partial charge in [0.2, 0.25) is 11.7 Å². The zero-order valence-corrected chi connectivity index (χ0v) is 16.1. The smallest absolute Gasteiger partial charge is 0.240 e. The van der Waals surface area contributed by atoms with Crippen LogP contribution in [0.15, 0.2) is 59.1 Å². The molecule has 2 aromatic carbocycles. The number of benzene rings is 2. The van der Waals surface area contributed by atoms with Gasteiger partial charge >= 0.3 is 0 Å². The molecule has 1 aliphatic rings. The Morgan fingerprint density at radius 1 is 1.04 bits per heavy atom. The highest BCUT2D eigenvalue weighted by atomic mass is 16.5. The normalized spacial score (nSPS) is 15.5. The van der Waals surface area contributed by atoms with Gasteiger partial charge in [0.15, 0.2) is 6.61 Å². The standard InChI is InChI=1S/C22H25N3O3/c1-17-7-5-6-10-20(17)27-19-11-13-25(14-12-19)15-22-23-21(24-28-22)16-26-18-8-3-2-4-9-18/h2-10,19H,11-16H2,1H3. The van der Waals surface area contributed by atoms with Gasteiger partial charge in [0.05, 0.1) is 6.54 Å². The second-order valence-corrected chi connectivity index (χ2v) is 7.06. The van der Waals surface area contributed by atoms with Crippen LogP contribution in [-0.4, -0.2) is 34.2 Å². The summed E-state index contributed by atoms with van der Waals surface area (Å²) in [6, 6.07) is 17.8. The van der Waals surface area contributed by atoms with Crippen LogP contribution in [-0.2, 0) is 13.2 Å². The average molecular weight is 379 g/mol. The van der Waals surface area contributed by atoms with Gasteiger partial charge in [-0.1, -0.05) is 41.6 Å². The van der Waals surface area contributed by atoms with Crippen molar-refractivity contribution in [1.82, 2.24) is 15.0 Å². The molecule has 146 valence electrons. The number of piperidine rings is 1. The minimum Gasteiger partial charge on any atom is -0.490 e. The topological polar surface area (TPSA) is 60.6 Å². The van der Waals surface area contributed by atoms with Crippen LogP contribution in [0.5, 0.6) is 11.5 Å². The van der Waals surface area contributed by atoms with E-state index in [1.54, 1.807) is 0 Å². The SMILES string of the molecule is Cc1ccccc1OC1CCN(Cc2nc(COc3ccccc3)no2)CC1. The van der Waals surface area contributed by atoms with Crippen LogP contribution in [0.25, 0.3) is 0 Å². The zero-order valence-electron chi connectivity index (χ0n) is 16.1. The van der Waals surface area contributed by atoms with Crippen molar-refractivity contribution < 1.29 is 14.0 Å². The highest BCUT2D eigenvalue weighted by molar-refractivity contribution is 5.32. The van der Waals surface area contributed by atoms with Crippen molar-refractivity contribution in [3.05, 3.63) is 71.9 Å². The molecule has 0 spiro atoms. The summed E-state index contributed by atoms with van der Waals surface area (Å²) in [7, 11) is 0. The van der Waals surface area contributed by atoms with Crippen LogP contribution in [0.3, 0.4) is 0 Å². The quantitative estimate of drug-likeness (QED) is 0.618. The Labute approximate surface area is 165 Å². The van der Waals surface area contributed by atoms with Crippen LogP contribution in [0.2, 0.25) is 0 Å². The largest absolute Gasteiger partial charge is 0.490 e. The van der Waals surface area contributed by atoms with Crippen LogP contribution in [0.4, 0.5) is 0 Å². The first-order valence-corrected chi connectivity index (χ1v) is 9.70. The van der Waals surface area contributed by atoms with Gasteiger partial charge < -0.3 is 14.0 Å². The Kier molecular flexibility index (Phi) is 5.87. The van der Waals surface area contributed by atoms with E-state index < -0.39 is 0 Å². The van der Waals surface area contributed by atoms with Gasteiger partial charge in [0, 0.05) is 13.1 Å². The molecule has 4 rings (SSSR count). The average Bonchev–Trinajstić information content (AvgIpc) is 3.18. The molecular formula is C22H25N3O3. The van der Waals surface area contributed by atoms with Crippen LogP contribution >= 0.6 is 0 Å². The summed E-state index contributed by atoms with van der Waals surface area (Å²) in [6.45, 7) is 4.96.